The van der Waals surface area contributed by atoms with Crippen LogP contribution in [0.25, 0.3) is 0 Å². The van der Waals surface area contributed by atoms with Crippen LogP contribution in [0, 0.1) is 5.92 Å². The Bertz CT molecular complexity index is 640. The van der Waals surface area contributed by atoms with Crippen LogP contribution >= 0.6 is 0 Å². The standard InChI is InChI=1S/C20H20O2/c1-2-9-17(15-14-16-10-5-3-6-11-16)19(20(21)22)18-12-7-4-8-13-18/h3-13,17,19H,1,14-15H2,(H,21,22). The van der Waals surface area contributed by atoms with E-state index in [0.717, 1.165) is 18.4 Å². The number of aliphatic carboxylic acids is 1. The van der Waals surface area contributed by atoms with E-state index in [1.165, 1.54) is 5.56 Å². The molecule has 0 amide bonds. The number of hydrogen-bond acceptors (Lipinski definition) is 1. The highest BCUT2D eigenvalue weighted by Crippen LogP contribution is 2.29. The third kappa shape index (κ3) is 4.21. The molecule has 0 fully saturated rings. The van der Waals surface area contributed by atoms with Crippen LogP contribution in [0.15, 0.2) is 79.0 Å². The quantitative estimate of drug-likeness (QED) is 0.766. The number of allylic oxidation sites excluding steroid dienone is 1. The number of hydrogen-bond donors (Lipinski definition) is 1. The molecular formula is C20H20O2. The first-order valence-corrected chi connectivity index (χ1v) is 7.40. The van der Waals surface area contributed by atoms with Gasteiger partial charge in [-0.15, -0.1) is 5.73 Å². The zero-order valence-corrected chi connectivity index (χ0v) is 12.5. The second kappa shape index (κ2) is 8.02. The fourth-order valence-corrected chi connectivity index (χ4v) is 2.71. The second-order valence-corrected chi connectivity index (χ2v) is 5.29. The Kier molecular flexibility index (Phi) is 5.76. The Morgan fingerprint density at radius 3 is 2.23 bits per heavy atom. The minimum Gasteiger partial charge on any atom is -0.481 e. The van der Waals surface area contributed by atoms with E-state index in [9.17, 15) is 9.90 Å². The van der Waals surface area contributed by atoms with Crippen molar-refractivity contribution in [1.82, 2.24) is 0 Å². The third-order valence-corrected chi connectivity index (χ3v) is 3.79. The summed E-state index contributed by atoms with van der Waals surface area (Å²) in [7, 11) is 0. The molecule has 1 N–H and O–H groups in total. The van der Waals surface area contributed by atoms with Gasteiger partial charge in [-0.2, -0.15) is 0 Å². The molecule has 2 rings (SSSR count). The summed E-state index contributed by atoms with van der Waals surface area (Å²) in [5, 5.41) is 9.65. The van der Waals surface area contributed by atoms with Crippen LogP contribution in [0.2, 0.25) is 0 Å². The van der Waals surface area contributed by atoms with Crippen LogP contribution in [0.3, 0.4) is 0 Å². The van der Waals surface area contributed by atoms with Gasteiger partial charge in [-0.1, -0.05) is 67.2 Å². The first-order chi connectivity index (χ1) is 10.7. The van der Waals surface area contributed by atoms with Crippen LogP contribution in [-0.4, -0.2) is 11.1 Å². The molecule has 2 atom stereocenters. The van der Waals surface area contributed by atoms with E-state index >= 15 is 0 Å². The summed E-state index contributed by atoms with van der Waals surface area (Å²) >= 11 is 0. The van der Waals surface area contributed by atoms with Crippen LogP contribution < -0.4 is 0 Å². The summed E-state index contributed by atoms with van der Waals surface area (Å²) < 4.78 is 0. The van der Waals surface area contributed by atoms with Crippen molar-refractivity contribution < 1.29 is 9.90 Å². The molecule has 2 aromatic rings. The van der Waals surface area contributed by atoms with Gasteiger partial charge in [0.2, 0.25) is 0 Å². The summed E-state index contributed by atoms with van der Waals surface area (Å²) in [5.74, 6) is -1.51. The highest BCUT2D eigenvalue weighted by atomic mass is 16.4. The van der Waals surface area contributed by atoms with E-state index in [0.29, 0.717) is 0 Å². The van der Waals surface area contributed by atoms with Gasteiger partial charge in [-0.3, -0.25) is 4.79 Å². The fraction of sp³-hybridized carbons (Fsp3) is 0.200. The molecule has 0 aliphatic carbocycles. The van der Waals surface area contributed by atoms with Crippen molar-refractivity contribution in [3.63, 3.8) is 0 Å². The Morgan fingerprint density at radius 2 is 1.68 bits per heavy atom. The monoisotopic (exact) mass is 292 g/mol. The summed E-state index contributed by atoms with van der Waals surface area (Å²) in [4.78, 5) is 11.8. The molecule has 0 bridgehead atoms. The lowest BCUT2D eigenvalue weighted by Gasteiger charge is -2.21. The first-order valence-electron chi connectivity index (χ1n) is 7.40. The van der Waals surface area contributed by atoms with Crippen molar-refractivity contribution in [3.8, 4) is 0 Å². The predicted octanol–water partition coefficient (Wildman–Crippen LogP) is 4.44. The summed E-state index contributed by atoms with van der Waals surface area (Å²) in [6.07, 6.45) is 3.37. The molecule has 0 radical (unpaired) electrons. The largest absolute Gasteiger partial charge is 0.481 e. The summed E-state index contributed by atoms with van der Waals surface area (Å²) in [6, 6.07) is 19.5. The average molecular weight is 292 g/mol. The number of aryl methyl sites for hydroxylation is 1. The van der Waals surface area contributed by atoms with Crippen LogP contribution in [-0.2, 0) is 11.2 Å². The SMILES string of the molecule is C=C=CC(CCc1ccccc1)C(C(=O)O)c1ccccc1. The molecule has 0 aliphatic rings. The Morgan fingerprint density at radius 1 is 1.09 bits per heavy atom. The van der Waals surface area contributed by atoms with Crippen molar-refractivity contribution in [1.29, 1.82) is 0 Å². The summed E-state index contributed by atoms with van der Waals surface area (Å²) in [6.45, 7) is 3.62. The van der Waals surface area contributed by atoms with Crippen LogP contribution in [0.1, 0.15) is 23.5 Å². The zero-order chi connectivity index (χ0) is 15.8. The molecule has 0 saturated carbocycles. The Labute approximate surface area is 131 Å². The lowest BCUT2D eigenvalue weighted by molar-refractivity contribution is -0.139. The number of carboxylic acids is 1. The van der Waals surface area contributed by atoms with E-state index in [-0.39, 0.29) is 5.92 Å². The van der Waals surface area contributed by atoms with Crippen molar-refractivity contribution in [2.75, 3.05) is 0 Å². The average Bonchev–Trinajstić information content (AvgIpc) is 2.54. The number of rotatable bonds is 7. The Hall–Kier alpha value is -2.57. The zero-order valence-electron chi connectivity index (χ0n) is 12.5. The minimum absolute atomic E-state index is 0.127. The van der Waals surface area contributed by atoms with Gasteiger partial charge in [0.05, 0.1) is 5.92 Å². The van der Waals surface area contributed by atoms with E-state index in [2.05, 4.69) is 24.4 Å². The normalized spacial score (nSPS) is 12.9. The highest BCUT2D eigenvalue weighted by Gasteiger charge is 2.27. The van der Waals surface area contributed by atoms with Crippen molar-refractivity contribution in [2.24, 2.45) is 5.92 Å². The molecule has 2 nitrogen and oxygen atoms in total. The molecule has 0 aliphatic heterocycles. The fourth-order valence-electron chi connectivity index (χ4n) is 2.71. The van der Waals surface area contributed by atoms with E-state index in [1.54, 1.807) is 6.08 Å². The van der Waals surface area contributed by atoms with Crippen LogP contribution in [0.5, 0.6) is 0 Å². The molecule has 22 heavy (non-hydrogen) atoms. The van der Waals surface area contributed by atoms with Crippen molar-refractivity contribution in [3.05, 3.63) is 90.2 Å². The summed E-state index contributed by atoms with van der Waals surface area (Å²) in [5.41, 5.74) is 4.80. The maximum atomic E-state index is 11.8. The molecule has 2 heteroatoms. The second-order valence-electron chi connectivity index (χ2n) is 5.29. The Balaban J connectivity index is 2.20. The highest BCUT2D eigenvalue weighted by molar-refractivity contribution is 5.76. The van der Waals surface area contributed by atoms with Gasteiger partial charge in [0.1, 0.15) is 0 Å². The number of carbonyl (C=O) groups is 1. The van der Waals surface area contributed by atoms with Crippen LogP contribution in [0.4, 0.5) is 0 Å². The maximum absolute atomic E-state index is 11.8. The van der Waals surface area contributed by atoms with Gasteiger partial charge >= 0.3 is 5.97 Å². The number of benzene rings is 2. The molecule has 0 aromatic heterocycles. The van der Waals surface area contributed by atoms with Gasteiger partial charge in [0, 0.05) is 5.92 Å². The molecular weight excluding hydrogens is 272 g/mol. The van der Waals surface area contributed by atoms with Gasteiger partial charge in [0.25, 0.3) is 0 Å². The minimum atomic E-state index is -0.809. The van der Waals surface area contributed by atoms with E-state index in [4.69, 9.17) is 0 Å². The van der Waals surface area contributed by atoms with Crippen molar-refractivity contribution >= 4 is 5.97 Å². The third-order valence-electron chi connectivity index (χ3n) is 3.79. The first kappa shape index (κ1) is 15.8. The molecule has 2 unspecified atom stereocenters. The van der Waals surface area contributed by atoms with Gasteiger partial charge in [-0.05, 0) is 30.0 Å². The maximum Gasteiger partial charge on any atom is 0.311 e. The lowest BCUT2D eigenvalue weighted by Crippen LogP contribution is -2.21. The molecule has 112 valence electrons. The number of carboxylic acid groups (broad SMARTS) is 1. The predicted molar refractivity (Wildman–Crippen MR) is 88.8 cm³/mol. The van der Waals surface area contributed by atoms with Crippen molar-refractivity contribution in [2.45, 2.75) is 18.8 Å². The molecule has 0 saturated heterocycles. The smallest absolute Gasteiger partial charge is 0.311 e. The molecule has 2 aromatic carbocycles. The molecule has 0 heterocycles. The van der Waals surface area contributed by atoms with E-state index in [1.807, 2.05) is 48.5 Å². The topological polar surface area (TPSA) is 37.3 Å². The van der Waals surface area contributed by atoms with Gasteiger partial charge in [0.15, 0.2) is 0 Å². The van der Waals surface area contributed by atoms with Gasteiger partial charge < -0.3 is 5.11 Å². The van der Waals surface area contributed by atoms with E-state index < -0.39 is 11.9 Å². The lowest BCUT2D eigenvalue weighted by atomic mass is 9.82. The van der Waals surface area contributed by atoms with Gasteiger partial charge in [-0.25, -0.2) is 0 Å². The molecule has 0 spiro atoms.